The minimum Gasteiger partial charge on any atom is -0.406 e. The first-order valence-corrected chi connectivity index (χ1v) is 13.4. The highest BCUT2D eigenvalue weighted by Crippen LogP contribution is 2.40. The number of nitrogen functional groups attached to an aromatic ring is 1. The van der Waals surface area contributed by atoms with Crippen LogP contribution in [-0.4, -0.2) is 33.2 Å². The number of nitrogens with zero attached hydrogens (tertiary/aromatic N) is 3. The van der Waals surface area contributed by atoms with Gasteiger partial charge in [0.1, 0.15) is 22.9 Å². The van der Waals surface area contributed by atoms with Gasteiger partial charge in [-0.3, -0.25) is 9.20 Å². The van der Waals surface area contributed by atoms with E-state index in [9.17, 15) is 18.0 Å². The molecule has 0 bridgehead atoms. The molecular formula is C29H29F3N6O2. The zero-order valence-electron chi connectivity index (χ0n) is 21.6. The first-order valence-electron chi connectivity index (χ1n) is 13.4. The summed E-state index contributed by atoms with van der Waals surface area (Å²) < 4.78 is 43.6. The van der Waals surface area contributed by atoms with E-state index in [1.54, 1.807) is 6.20 Å². The number of carbonyl (C=O) groups is 1. The number of hydrogen-bond acceptors (Lipinski definition) is 6. The first-order chi connectivity index (χ1) is 19.2. The number of benzene rings is 2. The molecule has 4 aromatic rings. The normalized spacial score (nSPS) is 20.6. The molecule has 1 aliphatic heterocycles. The molecule has 1 unspecified atom stereocenters. The number of fused-ring (bicyclic) bond motifs is 2. The van der Waals surface area contributed by atoms with Crippen molar-refractivity contribution in [1.82, 2.24) is 19.7 Å². The van der Waals surface area contributed by atoms with Gasteiger partial charge in [-0.2, -0.15) is 0 Å². The summed E-state index contributed by atoms with van der Waals surface area (Å²) in [5.41, 5.74) is 10.6. The highest BCUT2D eigenvalue weighted by atomic mass is 19.4. The van der Waals surface area contributed by atoms with Crippen LogP contribution in [0.1, 0.15) is 65.1 Å². The molecule has 0 radical (unpaired) electrons. The lowest BCUT2D eigenvalue weighted by Crippen LogP contribution is -2.31. The second-order valence-corrected chi connectivity index (χ2v) is 10.4. The van der Waals surface area contributed by atoms with Gasteiger partial charge in [0.25, 0.3) is 5.91 Å². The van der Waals surface area contributed by atoms with Crippen LogP contribution in [0.4, 0.5) is 24.7 Å². The van der Waals surface area contributed by atoms with Crippen molar-refractivity contribution in [1.29, 1.82) is 0 Å². The van der Waals surface area contributed by atoms with Crippen LogP contribution in [-0.2, 0) is 6.42 Å². The number of ether oxygens (including phenoxy) is 1. The number of imidazole rings is 1. The second-order valence-electron chi connectivity index (χ2n) is 10.4. The number of nitrogens with one attached hydrogen (secondary N) is 2. The van der Waals surface area contributed by atoms with Crippen molar-refractivity contribution < 1.29 is 22.7 Å². The quantitative estimate of drug-likeness (QED) is 0.288. The van der Waals surface area contributed by atoms with Gasteiger partial charge in [0.2, 0.25) is 0 Å². The van der Waals surface area contributed by atoms with E-state index in [2.05, 4.69) is 36.9 Å². The molecule has 0 spiro atoms. The van der Waals surface area contributed by atoms with Gasteiger partial charge in [-0.25, -0.2) is 9.97 Å². The van der Waals surface area contributed by atoms with Crippen LogP contribution in [0.3, 0.4) is 0 Å². The topological polar surface area (TPSA) is 107 Å². The molecule has 1 atom stereocenters. The van der Waals surface area contributed by atoms with Gasteiger partial charge in [-0.05, 0) is 61.4 Å². The van der Waals surface area contributed by atoms with Crippen LogP contribution in [0.15, 0.2) is 60.9 Å². The molecule has 1 fully saturated rings. The molecule has 8 nitrogen and oxygen atoms in total. The minimum atomic E-state index is -4.81. The molecule has 2 aliphatic rings. The number of aromatic nitrogens is 3. The summed E-state index contributed by atoms with van der Waals surface area (Å²) in [5, 5.41) is 6.46. The third-order valence-electron chi connectivity index (χ3n) is 7.83. The number of nitrogens with two attached hydrogens (primary N) is 1. The van der Waals surface area contributed by atoms with Gasteiger partial charge in [0.15, 0.2) is 0 Å². The molecule has 2 aromatic carbocycles. The summed E-state index contributed by atoms with van der Waals surface area (Å²) in [6.45, 7) is 0.449. The average Bonchev–Trinajstić information content (AvgIpc) is 3.54. The number of halogens is 3. The van der Waals surface area contributed by atoms with E-state index in [4.69, 9.17) is 10.7 Å². The van der Waals surface area contributed by atoms with Crippen LogP contribution in [0.25, 0.3) is 5.52 Å². The second kappa shape index (κ2) is 10.4. The Bertz CT molecular complexity index is 1520. The van der Waals surface area contributed by atoms with E-state index in [0.717, 1.165) is 60.9 Å². The van der Waals surface area contributed by atoms with E-state index >= 15 is 0 Å². The standard InChI is InChI=1S/C29H29F3N6O2/c30-29(31,32)40-21-6-3-5-20(14-21)28(39)35-16-17-8-10-18(11-9-17)27-37-24(25-26(33)34-12-13-38(25)27)23-15-19-4-1-2-7-22(19)36-23/h1-7,12-14,17-18,23,36H,8-11,15-16H2,(H2,33,34)(H,35,39). The molecular weight excluding hydrogens is 521 g/mol. The molecule has 1 aliphatic carbocycles. The Morgan fingerprint density at radius 1 is 1.12 bits per heavy atom. The van der Waals surface area contributed by atoms with Crippen molar-refractivity contribution in [2.75, 3.05) is 17.6 Å². The Morgan fingerprint density at radius 3 is 2.70 bits per heavy atom. The molecule has 2 aromatic heterocycles. The Morgan fingerprint density at radius 2 is 1.93 bits per heavy atom. The number of rotatable bonds is 6. The monoisotopic (exact) mass is 550 g/mol. The van der Waals surface area contributed by atoms with Crippen molar-refractivity contribution >= 4 is 22.9 Å². The van der Waals surface area contributed by atoms with Gasteiger partial charge in [-0.15, -0.1) is 13.2 Å². The van der Waals surface area contributed by atoms with E-state index in [1.165, 1.54) is 23.8 Å². The molecule has 4 N–H and O–H groups in total. The number of anilines is 2. The highest BCUT2D eigenvalue weighted by Gasteiger charge is 2.33. The largest absolute Gasteiger partial charge is 0.573 e. The van der Waals surface area contributed by atoms with E-state index in [0.29, 0.717) is 12.4 Å². The number of alkyl halides is 3. The maximum absolute atomic E-state index is 12.6. The van der Waals surface area contributed by atoms with Crippen LogP contribution in [0, 0.1) is 5.92 Å². The van der Waals surface area contributed by atoms with Crippen molar-refractivity contribution in [3.05, 3.63) is 83.6 Å². The van der Waals surface area contributed by atoms with Crippen molar-refractivity contribution in [3.8, 4) is 5.75 Å². The van der Waals surface area contributed by atoms with Crippen LogP contribution in [0.2, 0.25) is 0 Å². The molecule has 11 heteroatoms. The summed E-state index contributed by atoms with van der Waals surface area (Å²) in [7, 11) is 0. The molecule has 40 heavy (non-hydrogen) atoms. The van der Waals surface area contributed by atoms with Gasteiger partial charge >= 0.3 is 6.36 Å². The van der Waals surface area contributed by atoms with E-state index in [1.807, 2.05) is 18.3 Å². The van der Waals surface area contributed by atoms with Gasteiger partial charge in [0, 0.05) is 42.5 Å². The van der Waals surface area contributed by atoms with Crippen LogP contribution >= 0.6 is 0 Å². The van der Waals surface area contributed by atoms with Crippen LogP contribution in [0.5, 0.6) is 5.75 Å². The van der Waals surface area contributed by atoms with E-state index in [-0.39, 0.29) is 23.4 Å². The zero-order valence-corrected chi connectivity index (χ0v) is 21.6. The Balaban J connectivity index is 1.11. The first kappa shape index (κ1) is 26.0. The lowest BCUT2D eigenvalue weighted by atomic mass is 9.81. The molecule has 208 valence electrons. The summed E-state index contributed by atoms with van der Waals surface area (Å²) in [6, 6.07) is 13.4. The summed E-state index contributed by atoms with van der Waals surface area (Å²) in [5.74, 6) is 1.08. The predicted molar refractivity (Wildman–Crippen MR) is 144 cm³/mol. The number of carbonyl (C=O) groups excluding carboxylic acids is 1. The summed E-state index contributed by atoms with van der Waals surface area (Å²) in [6.07, 6.45) is 3.21. The third kappa shape index (κ3) is 5.28. The maximum Gasteiger partial charge on any atom is 0.573 e. The van der Waals surface area contributed by atoms with Gasteiger partial charge in [0.05, 0.1) is 11.7 Å². The number of para-hydroxylation sites is 1. The fourth-order valence-corrected chi connectivity index (χ4v) is 5.91. The number of hydrogen-bond donors (Lipinski definition) is 3. The molecule has 3 heterocycles. The SMILES string of the molecule is Nc1nccn2c(C3CCC(CNC(=O)c4cccc(OC(F)(F)F)c4)CC3)nc(C3Cc4ccccc4N3)c12. The maximum atomic E-state index is 12.6. The van der Waals surface area contributed by atoms with Crippen molar-refractivity contribution in [2.24, 2.45) is 5.92 Å². The lowest BCUT2D eigenvalue weighted by Gasteiger charge is -2.28. The Hall–Kier alpha value is -4.28. The predicted octanol–water partition coefficient (Wildman–Crippen LogP) is 5.62. The smallest absolute Gasteiger partial charge is 0.406 e. The lowest BCUT2D eigenvalue weighted by molar-refractivity contribution is -0.274. The van der Waals surface area contributed by atoms with Gasteiger partial charge < -0.3 is 21.1 Å². The highest BCUT2D eigenvalue weighted by molar-refractivity contribution is 5.94. The Labute approximate surface area is 228 Å². The average molecular weight is 551 g/mol. The molecule has 1 saturated carbocycles. The minimum absolute atomic E-state index is 0.0132. The molecule has 1 amide bonds. The van der Waals surface area contributed by atoms with Crippen molar-refractivity contribution in [2.45, 2.75) is 50.4 Å². The van der Waals surface area contributed by atoms with Crippen LogP contribution < -0.4 is 21.1 Å². The third-order valence-corrected chi connectivity index (χ3v) is 7.83. The molecule has 6 rings (SSSR count). The van der Waals surface area contributed by atoms with E-state index < -0.39 is 18.0 Å². The number of amides is 1. The van der Waals surface area contributed by atoms with Gasteiger partial charge in [-0.1, -0.05) is 24.3 Å². The van der Waals surface area contributed by atoms with Crippen molar-refractivity contribution in [3.63, 3.8) is 0 Å². The summed E-state index contributed by atoms with van der Waals surface area (Å²) >= 11 is 0. The summed E-state index contributed by atoms with van der Waals surface area (Å²) in [4.78, 5) is 22.1. The Kier molecular flexibility index (Phi) is 6.73. The fraction of sp³-hybridized carbons (Fsp3) is 0.345. The zero-order chi connectivity index (χ0) is 27.9. The fourth-order valence-electron chi connectivity index (χ4n) is 5.91. The molecule has 0 saturated heterocycles.